The summed E-state index contributed by atoms with van der Waals surface area (Å²) in [4.78, 5) is 10.9. The number of hydrogen-bond donors (Lipinski definition) is 2. The van der Waals surface area contributed by atoms with Gasteiger partial charge in [-0.1, -0.05) is 41.4 Å². The number of carbonyl (C=O) groups excluding carboxylic acids is 1. The molecule has 0 aromatic heterocycles. The molecule has 0 aliphatic rings. The van der Waals surface area contributed by atoms with E-state index in [0.29, 0.717) is 15.6 Å². The molecule has 0 amide bonds. The minimum Gasteiger partial charge on any atom is -0.469 e. The molecule has 0 aliphatic carbocycles. The molecule has 0 saturated heterocycles. The highest BCUT2D eigenvalue weighted by molar-refractivity contribution is 6.35. The van der Waals surface area contributed by atoms with Crippen molar-refractivity contribution >= 4 is 35.2 Å². The van der Waals surface area contributed by atoms with E-state index in [2.05, 4.69) is 4.74 Å². The van der Waals surface area contributed by atoms with Gasteiger partial charge in [-0.05, 0) is 17.7 Å². The molecule has 0 saturated carbocycles. The van der Waals surface area contributed by atoms with Crippen LogP contribution in [-0.2, 0) is 9.53 Å². The van der Waals surface area contributed by atoms with Crippen molar-refractivity contribution in [3.05, 3.63) is 39.9 Å². The van der Waals surface area contributed by atoms with E-state index in [0.717, 1.165) is 0 Å². The van der Waals surface area contributed by atoms with Crippen molar-refractivity contribution in [1.29, 1.82) is 0 Å². The third kappa shape index (κ3) is 5.92. The molecule has 4 nitrogen and oxygen atoms in total. The number of carbonyl (C=O) groups is 1. The van der Waals surface area contributed by atoms with E-state index in [1.54, 1.807) is 24.3 Å². The maximum atomic E-state index is 10.9. The lowest BCUT2D eigenvalue weighted by Gasteiger charge is -2.11. The van der Waals surface area contributed by atoms with E-state index >= 15 is 0 Å². The molecule has 110 valence electrons. The summed E-state index contributed by atoms with van der Waals surface area (Å²) >= 11 is 11.8. The Balaban J connectivity index is 2.54. The summed E-state index contributed by atoms with van der Waals surface area (Å²) in [6.07, 6.45) is 1.17. The van der Waals surface area contributed by atoms with Crippen LogP contribution in [0.2, 0.25) is 10.0 Å². The standard InChI is InChI=1S/C14H16Cl2O4/c1-20-14(19)8-12(18)7-11(17)5-3-9-2-4-10(15)6-13(9)16/h2-6,11-12,17-18H,7-8H2,1H3. The van der Waals surface area contributed by atoms with Crippen LogP contribution in [0.3, 0.4) is 0 Å². The minimum atomic E-state index is -0.956. The number of aliphatic hydroxyl groups excluding tert-OH is 2. The molecular weight excluding hydrogens is 303 g/mol. The summed E-state index contributed by atoms with van der Waals surface area (Å²) in [7, 11) is 1.24. The second-order valence-corrected chi connectivity index (χ2v) is 5.11. The number of halogens is 2. The van der Waals surface area contributed by atoms with Crippen LogP contribution in [0.1, 0.15) is 18.4 Å². The highest BCUT2D eigenvalue weighted by Crippen LogP contribution is 2.22. The maximum Gasteiger partial charge on any atom is 0.308 e. The van der Waals surface area contributed by atoms with Crippen LogP contribution in [0.5, 0.6) is 0 Å². The van der Waals surface area contributed by atoms with Crippen LogP contribution in [0.15, 0.2) is 24.3 Å². The fourth-order valence-corrected chi connectivity index (χ4v) is 2.04. The monoisotopic (exact) mass is 318 g/mol. The molecule has 0 radical (unpaired) electrons. The average molecular weight is 319 g/mol. The summed E-state index contributed by atoms with van der Waals surface area (Å²) in [6, 6.07) is 5.01. The lowest BCUT2D eigenvalue weighted by Crippen LogP contribution is -2.20. The molecule has 0 spiro atoms. The van der Waals surface area contributed by atoms with Gasteiger partial charge in [0.05, 0.1) is 25.7 Å². The summed E-state index contributed by atoms with van der Waals surface area (Å²) in [5, 5.41) is 20.3. The van der Waals surface area contributed by atoms with E-state index in [-0.39, 0.29) is 12.8 Å². The predicted octanol–water partition coefficient (Wildman–Crippen LogP) is 2.68. The van der Waals surface area contributed by atoms with Crippen molar-refractivity contribution in [3.63, 3.8) is 0 Å². The molecule has 0 heterocycles. The van der Waals surface area contributed by atoms with Crippen molar-refractivity contribution in [2.24, 2.45) is 0 Å². The van der Waals surface area contributed by atoms with Crippen molar-refractivity contribution in [3.8, 4) is 0 Å². The van der Waals surface area contributed by atoms with Gasteiger partial charge in [-0.2, -0.15) is 0 Å². The number of rotatable bonds is 6. The molecule has 2 N–H and O–H groups in total. The van der Waals surface area contributed by atoms with Crippen molar-refractivity contribution in [2.75, 3.05) is 7.11 Å². The molecule has 0 bridgehead atoms. The number of ether oxygens (including phenoxy) is 1. The maximum absolute atomic E-state index is 10.9. The number of hydrogen-bond acceptors (Lipinski definition) is 4. The van der Waals surface area contributed by atoms with Gasteiger partial charge in [-0.15, -0.1) is 0 Å². The van der Waals surface area contributed by atoms with Crippen LogP contribution in [-0.4, -0.2) is 35.5 Å². The fraction of sp³-hybridized carbons (Fsp3) is 0.357. The lowest BCUT2D eigenvalue weighted by atomic mass is 10.1. The number of aliphatic hydroxyl groups is 2. The van der Waals surface area contributed by atoms with Gasteiger partial charge in [0.1, 0.15) is 0 Å². The Labute approximate surface area is 127 Å². The normalized spacial score (nSPS) is 14.2. The highest BCUT2D eigenvalue weighted by Gasteiger charge is 2.14. The van der Waals surface area contributed by atoms with E-state index in [1.165, 1.54) is 13.2 Å². The van der Waals surface area contributed by atoms with Crippen molar-refractivity contribution < 1.29 is 19.7 Å². The Kier molecular flexibility index (Phi) is 7.02. The third-order valence-corrected chi connectivity index (χ3v) is 3.17. The predicted molar refractivity (Wildman–Crippen MR) is 78.8 cm³/mol. The number of esters is 1. The first kappa shape index (κ1) is 17.0. The topological polar surface area (TPSA) is 66.8 Å². The van der Waals surface area contributed by atoms with Crippen LogP contribution < -0.4 is 0 Å². The van der Waals surface area contributed by atoms with Crippen molar-refractivity contribution in [2.45, 2.75) is 25.0 Å². The SMILES string of the molecule is COC(=O)CC(O)CC(O)C=Cc1ccc(Cl)cc1Cl. The fourth-order valence-electron chi connectivity index (χ4n) is 1.57. The van der Waals surface area contributed by atoms with Gasteiger partial charge in [0, 0.05) is 16.5 Å². The molecule has 1 rings (SSSR count). The Bertz CT molecular complexity index is 488. The Morgan fingerprint density at radius 3 is 2.70 bits per heavy atom. The zero-order valence-electron chi connectivity index (χ0n) is 10.9. The largest absolute Gasteiger partial charge is 0.469 e. The second kappa shape index (κ2) is 8.27. The van der Waals surface area contributed by atoms with Crippen molar-refractivity contribution in [1.82, 2.24) is 0 Å². The summed E-state index contributed by atoms with van der Waals surface area (Å²) in [6.45, 7) is 0. The van der Waals surface area contributed by atoms with E-state index < -0.39 is 18.2 Å². The summed E-state index contributed by atoms with van der Waals surface area (Å²) in [5.41, 5.74) is 0.706. The first-order chi connectivity index (χ1) is 9.42. The van der Waals surface area contributed by atoms with Gasteiger partial charge in [-0.3, -0.25) is 4.79 Å². The van der Waals surface area contributed by atoms with Crippen LogP contribution in [0, 0.1) is 0 Å². The molecule has 1 aromatic rings. The van der Waals surface area contributed by atoms with Gasteiger partial charge >= 0.3 is 5.97 Å². The van der Waals surface area contributed by atoms with E-state index in [9.17, 15) is 15.0 Å². The molecule has 2 unspecified atom stereocenters. The first-order valence-electron chi connectivity index (χ1n) is 5.98. The average Bonchev–Trinajstić information content (AvgIpc) is 2.37. The summed E-state index contributed by atoms with van der Waals surface area (Å²) in [5.74, 6) is -0.519. The Hall–Kier alpha value is -1.07. The van der Waals surface area contributed by atoms with Gasteiger partial charge in [0.2, 0.25) is 0 Å². The van der Waals surface area contributed by atoms with Gasteiger partial charge in [0.25, 0.3) is 0 Å². The van der Waals surface area contributed by atoms with Gasteiger partial charge < -0.3 is 14.9 Å². The molecule has 20 heavy (non-hydrogen) atoms. The van der Waals surface area contributed by atoms with Crippen LogP contribution in [0.4, 0.5) is 0 Å². The lowest BCUT2D eigenvalue weighted by molar-refractivity contribution is -0.143. The number of benzene rings is 1. The van der Waals surface area contributed by atoms with Crippen LogP contribution >= 0.6 is 23.2 Å². The Morgan fingerprint density at radius 1 is 1.40 bits per heavy atom. The van der Waals surface area contributed by atoms with Gasteiger partial charge in [0.15, 0.2) is 0 Å². The number of methoxy groups -OCH3 is 1. The zero-order valence-corrected chi connectivity index (χ0v) is 12.4. The quantitative estimate of drug-likeness (QED) is 0.791. The Morgan fingerprint density at radius 2 is 2.10 bits per heavy atom. The van der Waals surface area contributed by atoms with E-state index in [4.69, 9.17) is 23.2 Å². The first-order valence-corrected chi connectivity index (χ1v) is 6.74. The molecule has 0 fully saturated rings. The minimum absolute atomic E-state index is 0.0385. The second-order valence-electron chi connectivity index (χ2n) is 4.26. The van der Waals surface area contributed by atoms with E-state index in [1.807, 2.05) is 0 Å². The zero-order chi connectivity index (χ0) is 15.1. The molecular formula is C14H16Cl2O4. The molecule has 6 heteroatoms. The molecule has 1 aromatic carbocycles. The van der Waals surface area contributed by atoms with Gasteiger partial charge in [-0.25, -0.2) is 0 Å². The third-order valence-electron chi connectivity index (χ3n) is 2.60. The molecule has 2 atom stereocenters. The highest BCUT2D eigenvalue weighted by atomic mass is 35.5. The summed E-state index contributed by atoms with van der Waals surface area (Å²) < 4.78 is 4.43. The smallest absolute Gasteiger partial charge is 0.308 e. The molecule has 0 aliphatic heterocycles. The van der Waals surface area contributed by atoms with Crippen LogP contribution in [0.25, 0.3) is 6.08 Å².